The van der Waals surface area contributed by atoms with Crippen LogP contribution in [0.2, 0.25) is 0 Å². The maximum absolute atomic E-state index is 12.5. The van der Waals surface area contributed by atoms with Crippen molar-refractivity contribution in [3.8, 4) is 0 Å². The quantitative estimate of drug-likeness (QED) is 0.674. The number of hydrogen-bond donors (Lipinski definition) is 3. The number of amides is 2. The molecule has 0 aliphatic carbocycles. The highest BCUT2D eigenvalue weighted by Gasteiger charge is 2.28. The average Bonchev–Trinajstić information content (AvgIpc) is 3.24. The van der Waals surface area contributed by atoms with Crippen molar-refractivity contribution in [1.82, 2.24) is 20.4 Å². The van der Waals surface area contributed by atoms with E-state index in [0.29, 0.717) is 19.6 Å². The average molecular weight is 347 g/mol. The van der Waals surface area contributed by atoms with Crippen LogP contribution in [0.3, 0.4) is 0 Å². The van der Waals surface area contributed by atoms with Gasteiger partial charge in [0.2, 0.25) is 0 Å². The highest BCUT2D eigenvalue weighted by molar-refractivity contribution is 5.76. The zero-order chi connectivity index (χ0) is 17.9. The molecule has 26 heavy (non-hydrogen) atoms. The molecule has 0 saturated carbocycles. The maximum Gasteiger partial charge on any atom is 0.318 e. The van der Waals surface area contributed by atoms with E-state index in [1.165, 1.54) is 5.56 Å². The van der Waals surface area contributed by atoms with E-state index in [9.17, 15) is 4.79 Å². The summed E-state index contributed by atoms with van der Waals surface area (Å²) in [4.78, 5) is 14.2. The molecule has 2 aromatic carbocycles. The molecule has 1 aromatic heterocycles. The largest absolute Gasteiger partial charge is 0.338 e. The lowest BCUT2D eigenvalue weighted by atomic mass is 10.2. The second-order valence-electron chi connectivity index (χ2n) is 6.52. The first-order valence-corrected chi connectivity index (χ1v) is 8.65. The minimum atomic E-state index is -0.0697. The number of fused-ring (bicyclic) bond motifs is 1. The molecule has 0 unspecified atom stereocenters. The van der Waals surface area contributed by atoms with E-state index in [1.54, 1.807) is 4.90 Å². The van der Waals surface area contributed by atoms with E-state index >= 15 is 0 Å². The number of aryl methyl sites for hydroxylation is 1. The summed E-state index contributed by atoms with van der Waals surface area (Å²) in [5.41, 5.74) is 5.30. The lowest BCUT2D eigenvalue weighted by Gasteiger charge is -2.17. The van der Waals surface area contributed by atoms with Gasteiger partial charge < -0.3 is 15.5 Å². The molecule has 2 amide bonds. The van der Waals surface area contributed by atoms with Crippen molar-refractivity contribution in [2.75, 3.05) is 5.32 Å². The first-order valence-electron chi connectivity index (χ1n) is 8.65. The number of nitrogens with zero attached hydrogens (tertiary/aromatic N) is 2. The predicted molar refractivity (Wildman–Crippen MR) is 101 cm³/mol. The monoisotopic (exact) mass is 347 g/mol. The Bertz CT molecular complexity index is 902. The number of carbonyl (C=O) groups excluding carboxylic acids is 1. The summed E-state index contributed by atoms with van der Waals surface area (Å²) < 4.78 is 0. The van der Waals surface area contributed by atoms with Crippen molar-refractivity contribution >= 4 is 17.5 Å². The molecule has 0 spiro atoms. The molecule has 132 valence electrons. The summed E-state index contributed by atoms with van der Waals surface area (Å²) >= 11 is 0. The summed E-state index contributed by atoms with van der Waals surface area (Å²) in [6.45, 7) is 3.66. The van der Waals surface area contributed by atoms with E-state index in [0.717, 1.165) is 28.3 Å². The zero-order valence-corrected chi connectivity index (χ0v) is 14.6. The van der Waals surface area contributed by atoms with Crippen molar-refractivity contribution in [3.05, 3.63) is 77.0 Å². The third-order valence-electron chi connectivity index (χ3n) is 4.54. The number of nitrogens with one attached hydrogen (secondary N) is 3. The fraction of sp³-hybridized carbons (Fsp3) is 0.200. The first kappa shape index (κ1) is 16.2. The number of rotatable bonds is 4. The molecule has 6 nitrogen and oxygen atoms in total. The van der Waals surface area contributed by atoms with Gasteiger partial charge in [-0.25, -0.2) is 4.79 Å². The lowest BCUT2D eigenvalue weighted by molar-refractivity contribution is 0.197. The SMILES string of the molecule is Cc1ccc(Nc2n[nH]c3c2CN(C(=O)NCc2ccccc2)C3)cc1. The number of H-pyrrole nitrogens is 1. The fourth-order valence-corrected chi connectivity index (χ4v) is 3.05. The van der Waals surface area contributed by atoms with Gasteiger partial charge in [0.1, 0.15) is 0 Å². The van der Waals surface area contributed by atoms with Gasteiger partial charge in [0.15, 0.2) is 5.82 Å². The summed E-state index contributed by atoms with van der Waals surface area (Å²) in [5, 5.41) is 13.7. The van der Waals surface area contributed by atoms with Crippen molar-refractivity contribution in [2.45, 2.75) is 26.6 Å². The minimum absolute atomic E-state index is 0.0697. The Morgan fingerprint density at radius 3 is 2.65 bits per heavy atom. The van der Waals surface area contributed by atoms with Gasteiger partial charge in [0.25, 0.3) is 0 Å². The van der Waals surface area contributed by atoms with Crippen LogP contribution in [0.1, 0.15) is 22.4 Å². The van der Waals surface area contributed by atoms with Crippen LogP contribution in [0.15, 0.2) is 54.6 Å². The normalized spacial score (nSPS) is 12.7. The van der Waals surface area contributed by atoms with E-state index in [2.05, 4.69) is 39.9 Å². The lowest BCUT2D eigenvalue weighted by Crippen LogP contribution is -2.36. The Kier molecular flexibility index (Phi) is 4.31. The molecule has 3 N–H and O–H groups in total. The fourth-order valence-electron chi connectivity index (χ4n) is 3.05. The summed E-state index contributed by atoms with van der Waals surface area (Å²) in [6.07, 6.45) is 0. The van der Waals surface area contributed by atoms with Crippen LogP contribution >= 0.6 is 0 Å². The molecule has 3 aromatic rings. The van der Waals surface area contributed by atoms with Crippen LogP contribution in [0, 0.1) is 6.92 Å². The molecule has 4 rings (SSSR count). The Morgan fingerprint density at radius 2 is 1.88 bits per heavy atom. The third-order valence-corrected chi connectivity index (χ3v) is 4.54. The molecule has 0 bridgehead atoms. The van der Waals surface area contributed by atoms with Crippen LogP contribution in [-0.2, 0) is 19.6 Å². The number of hydrogen-bond acceptors (Lipinski definition) is 3. The Labute approximate surface area is 152 Å². The molecule has 0 saturated heterocycles. The van der Waals surface area contributed by atoms with E-state index in [1.807, 2.05) is 42.5 Å². The van der Waals surface area contributed by atoms with Gasteiger partial charge in [-0.2, -0.15) is 5.10 Å². The minimum Gasteiger partial charge on any atom is -0.338 e. The van der Waals surface area contributed by atoms with E-state index < -0.39 is 0 Å². The second kappa shape index (κ2) is 6.92. The van der Waals surface area contributed by atoms with Crippen LogP contribution < -0.4 is 10.6 Å². The van der Waals surface area contributed by atoms with Crippen LogP contribution in [0.25, 0.3) is 0 Å². The molecule has 0 atom stereocenters. The smallest absolute Gasteiger partial charge is 0.318 e. The predicted octanol–water partition coefficient (Wildman–Crippen LogP) is 3.69. The topological polar surface area (TPSA) is 73.0 Å². The van der Waals surface area contributed by atoms with Gasteiger partial charge in [-0.1, -0.05) is 48.0 Å². The number of benzene rings is 2. The Hall–Kier alpha value is -3.28. The van der Waals surface area contributed by atoms with Gasteiger partial charge in [-0.05, 0) is 24.6 Å². The van der Waals surface area contributed by atoms with Gasteiger partial charge >= 0.3 is 6.03 Å². The van der Waals surface area contributed by atoms with Gasteiger partial charge in [-0.15, -0.1) is 0 Å². The summed E-state index contributed by atoms with van der Waals surface area (Å²) in [5.74, 6) is 0.780. The van der Waals surface area contributed by atoms with Crippen molar-refractivity contribution in [1.29, 1.82) is 0 Å². The molecule has 1 aliphatic rings. The standard InChI is InChI=1S/C20H21N5O/c1-14-7-9-16(10-8-14)22-19-17-12-25(13-18(17)23-24-19)20(26)21-11-15-5-3-2-4-6-15/h2-10H,11-13H2,1H3,(H,21,26)(H2,22,23,24). The molecule has 1 aliphatic heterocycles. The molecular weight excluding hydrogens is 326 g/mol. The van der Waals surface area contributed by atoms with Gasteiger partial charge in [0.05, 0.1) is 18.8 Å². The van der Waals surface area contributed by atoms with Crippen LogP contribution in [0.5, 0.6) is 0 Å². The van der Waals surface area contributed by atoms with Crippen LogP contribution in [-0.4, -0.2) is 21.1 Å². The second-order valence-corrected chi connectivity index (χ2v) is 6.52. The number of anilines is 2. The van der Waals surface area contributed by atoms with Crippen molar-refractivity contribution in [3.63, 3.8) is 0 Å². The van der Waals surface area contributed by atoms with Crippen LogP contribution in [0.4, 0.5) is 16.3 Å². The highest BCUT2D eigenvalue weighted by Crippen LogP contribution is 2.29. The van der Waals surface area contributed by atoms with Crippen molar-refractivity contribution in [2.24, 2.45) is 0 Å². The van der Waals surface area contributed by atoms with E-state index in [-0.39, 0.29) is 6.03 Å². The number of carbonyl (C=O) groups is 1. The molecule has 6 heteroatoms. The highest BCUT2D eigenvalue weighted by atomic mass is 16.2. The Morgan fingerprint density at radius 1 is 1.12 bits per heavy atom. The molecule has 2 heterocycles. The molecule has 0 radical (unpaired) electrons. The zero-order valence-electron chi connectivity index (χ0n) is 14.6. The number of aromatic nitrogens is 2. The molecular formula is C20H21N5O. The maximum atomic E-state index is 12.5. The first-order chi connectivity index (χ1) is 12.7. The summed E-state index contributed by atoms with van der Waals surface area (Å²) in [6, 6.07) is 18.0. The number of urea groups is 1. The van der Waals surface area contributed by atoms with Gasteiger partial charge in [-0.3, -0.25) is 5.10 Å². The summed E-state index contributed by atoms with van der Waals surface area (Å²) in [7, 11) is 0. The van der Waals surface area contributed by atoms with Crippen molar-refractivity contribution < 1.29 is 4.79 Å². The third kappa shape index (κ3) is 3.39. The number of aromatic amines is 1. The van der Waals surface area contributed by atoms with E-state index in [4.69, 9.17) is 0 Å². The van der Waals surface area contributed by atoms with Gasteiger partial charge in [0, 0.05) is 17.8 Å². The Balaban J connectivity index is 1.39. The molecule has 0 fully saturated rings.